The summed E-state index contributed by atoms with van der Waals surface area (Å²) in [7, 11) is -3.85. The molecule has 0 spiro atoms. The monoisotopic (exact) mass is 432 g/mol. The van der Waals surface area contributed by atoms with Crippen LogP contribution in [0.3, 0.4) is 0 Å². The van der Waals surface area contributed by atoms with Crippen LogP contribution in [0.2, 0.25) is 0 Å². The first-order valence-corrected chi connectivity index (χ1v) is 10.8. The Kier molecular flexibility index (Phi) is 8.25. The van der Waals surface area contributed by atoms with Crippen molar-refractivity contribution in [2.24, 2.45) is 0 Å². The maximum Gasteiger partial charge on any atom is 0.326 e. The van der Waals surface area contributed by atoms with Gasteiger partial charge in [-0.15, -0.1) is 0 Å². The summed E-state index contributed by atoms with van der Waals surface area (Å²) in [6, 6.07) is 14.6. The van der Waals surface area contributed by atoms with E-state index in [2.05, 4.69) is 10.0 Å². The predicted octanol–water partition coefficient (Wildman–Crippen LogP) is 1.59. The summed E-state index contributed by atoms with van der Waals surface area (Å²) in [6.07, 6.45) is -0.680. The molecule has 1 amide bonds. The Morgan fingerprint density at radius 1 is 0.967 bits per heavy atom. The number of esters is 1. The molecule has 0 aliphatic rings. The first kappa shape index (κ1) is 23.2. The van der Waals surface area contributed by atoms with Gasteiger partial charge in [-0.05, 0) is 25.5 Å². The number of carbonyl (C=O) groups excluding carboxylic acids is 3. The van der Waals surface area contributed by atoms with Crippen LogP contribution in [0, 0.1) is 6.92 Å². The van der Waals surface area contributed by atoms with Crippen molar-refractivity contribution >= 4 is 27.7 Å². The Hall–Kier alpha value is -3.04. The maximum atomic E-state index is 12.4. The van der Waals surface area contributed by atoms with Crippen molar-refractivity contribution in [3.8, 4) is 0 Å². The minimum absolute atomic E-state index is 0.0329. The van der Waals surface area contributed by atoms with E-state index in [0.717, 1.165) is 5.56 Å². The molecule has 0 heterocycles. The Labute approximate surface area is 175 Å². The number of ether oxygens (including phenoxy) is 1. The van der Waals surface area contributed by atoms with Crippen molar-refractivity contribution in [1.29, 1.82) is 0 Å². The van der Waals surface area contributed by atoms with Crippen LogP contribution in [0.4, 0.5) is 0 Å². The van der Waals surface area contributed by atoms with Crippen LogP contribution in [-0.2, 0) is 24.3 Å². The molecule has 9 heteroatoms. The summed E-state index contributed by atoms with van der Waals surface area (Å²) in [5.41, 5.74) is 1.33. The van der Waals surface area contributed by atoms with E-state index < -0.39 is 41.1 Å². The number of amides is 1. The molecule has 0 fully saturated rings. The SMILES string of the molecule is CC[C@H](OC(=O)CNC(=O)CNS(=O)(=O)c1ccc(C)cc1)C(=O)c1ccccc1. The highest BCUT2D eigenvalue weighted by molar-refractivity contribution is 7.89. The van der Waals surface area contributed by atoms with Gasteiger partial charge in [-0.2, -0.15) is 0 Å². The van der Waals surface area contributed by atoms with Crippen LogP contribution in [0.25, 0.3) is 0 Å². The fourth-order valence-corrected chi connectivity index (χ4v) is 3.49. The Balaban J connectivity index is 1.81. The minimum atomic E-state index is -3.85. The van der Waals surface area contributed by atoms with Gasteiger partial charge in [0.15, 0.2) is 6.10 Å². The quantitative estimate of drug-likeness (QED) is 0.435. The van der Waals surface area contributed by atoms with E-state index >= 15 is 0 Å². The van der Waals surface area contributed by atoms with E-state index in [-0.39, 0.29) is 17.1 Å². The van der Waals surface area contributed by atoms with E-state index in [1.54, 1.807) is 49.4 Å². The largest absolute Gasteiger partial charge is 0.453 e. The maximum absolute atomic E-state index is 12.4. The third-order valence-corrected chi connectivity index (χ3v) is 5.60. The topological polar surface area (TPSA) is 119 Å². The highest BCUT2D eigenvalue weighted by Gasteiger charge is 2.22. The van der Waals surface area contributed by atoms with Crippen LogP contribution < -0.4 is 10.0 Å². The third kappa shape index (κ3) is 6.78. The summed E-state index contributed by atoms with van der Waals surface area (Å²) in [6.45, 7) is 2.51. The summed E-state index contributed by atoms with van der Waals surface area (Å²) in [5, 5.41) is 2.27. The zero-order chi connectivity index (χ0) is 22.1. The minimum Gasteiger partial charge on any atom is -0.453 e. The first-order valence-electron chi connectivity index (χ1n) is 9.34. The molecule has 0 saturated heterocycles. The zero-order valence-corrected chi connectivity index (χ0v) is 17.6. The summed E-state index contributed by atoms with van der Waals surface area (Å²) < 4.78 is 31.6. The number of carbonyl (C=O) groups is 3. The highest BCUT2D eigenvalue weighted by Crippen LogP contribution is 2.10. The van der Waals surface area contributed by atoms with Crippen molar-refractivity contribution in [2.45, 2.75) is 31.3 Å². The molecular weight excluding hydrogens is 408 g/mol. The van der Waals surface area contributed by atoms with Crippen molar-refractivity contribution in [3.05, 3.63) is 65.7 Å². The number of nitrogens with one attached hydrogen (secondary N) is 2. The van der Waals surface area contributed by atoms with Gasteiger partial charge in [-0.3, -0.25) is 14.4 Å². The van der Waals surface area contributed by atoms with Gasteiger partial charge < -0.3 is 10.1 Å². The van der Waals surface area contributed by atoms with E-state index in [4.69, 9.17) is 4.74 Å². The average Bonchev–Trinajstić information content (AvgIpc) is 2.75. The van der Waals surface area contributed by atoms with Crippen LogP contribution >= 0.6 is 0 Å². The number of benzene rings is 2. The van der Waals surface area contributed by atoms with Gasteiger partial charge in [0.2, 0.25) is 21.7 Å². The summed E-state index contributed by atoms with van der Waals surface area (Å²) in [5.74, 6) is -1.82. The van der Waals surface area contributed by atoms with E-state index in [1.807, 2.05) is 6.92 Å². The number of Topliss-reactive ketones (excluding diaryl/α,β-unsaturated/α-hetero) is 1. The van der Waals surface area contributed by atoms with Crippen LogP contribution in [0.15, 0.2) is 59.5 Å². The molecule has 0 saturated carbocycles. The van der Waals surface area contributed by atoms with Gasteiger partial charge in [0, 0.05) is 5.56 Å². The van der Waals surface area contributed by atoms with Gasteiger partial charge in [0.25, 0.3) is 0 Å². The second kappa shape index (κ2) is 10.7. The van der Waals surface area contributed by atoms with E-state index in [0.29, 0.717) is 5.56 Å². The first-order chi connectivity index (χ1) is 14.2. The molecule has 0 aromatic heterocycles. The molecular formula is C21H24N2O6S. The van der Waals surface area contributed by atoms with E-state index in [1.165, 1.54) is 12.1 Å². The van der Waals surface area contributed by atoms with Crippen molar-refractivity contribution < 1.29 is 27.5 Å². The molecule has 30 heavy (non-hydrogen) atoms. The molecule has 0 aliphatic heterocycles. The molecule has 0 unspecified atom stereocenters. The Morgan fingerprint density at radius 2 is 1.60 bits per heavy atom. The second-order valence-corrected chi connectivity index (χ2v) is 8.30. The van der Waals surface area contributed by atoms with Crippen molar-refractivity contribution in [2.75, 3.05) is 13.1 Å². The molecule has 2 aromatic carbocycles. The van der Waals surface area contributed by atoms with E-state index in [9.17, 15) is 22.8 Å². The summed E-state index contributed by atoms with van der Waals surface area (Å²) >= 11 is 0. The standard InChI is InChI=1S/C21H24N2O6S/c1-3-18(21(26)16-7-5-4-6-8-16)29-20(25)14-22-19(24)13-23-30(27,28)17-11-9-15(2)10-12-17/h4-12,18,23H,3,13-14H2,1-2H3,(H,22,24)/t18-/m0/s1. The molecule has 2 N–H and O–H groups in total. The lowest BCUT2D eigenvalue weighted by Crippen LogP contribution is -2.40. The van der Waals surface area contributed by atoms with Gasteiger partial charge in [-0.25, -0.2) is 13.1 Å². The van der Waals surface area contributed by atoms with Gasteiger partial charge in [-0.1, -0.05) is 55.0 Å². The van der Waals surface area contributed by atoms with Gasteiger partial charge in [0.1, 0.15) is 6.54 Å². The van der Waals surface area contributed by atoms with Crippen LogP contribution in [0.1, 0.15) is 29.3 Å². The zero-order valence-electron chi connectivity index (χ0n) is 16.8. The second-order valence-electron chi connectivity index (χ2n) is 6.53. The number of ketones is 1. The fraction of sp³-hybridized carbons (Fsp3) is 0.286. The highest BCUT2D eigenvalue weighted by atomic mass is 32.2. The van der Waals surface area contributed by atoms with Crippen molar-refractivity contribution in [1.82, 2.24) is 10.0 Å². The molecule has 8 nitrogen and oxygen atoms in total. The smallest absolute Gasteiger partial charge is 0.326 e. The van der Waals surface area contributed by atoms with Gasteiger partial charge >= 0.3 is 5.97 Å². The molecule has 0 bridgehead atoms. The Morgan fingerprint density at radius 3 is 2.20 bits per heavy atom. The van der Waals surface area contributed by atoms with Crippen LogP contribution in [0.5, 0.6) is 0 Å². The molecule has 0 aliphatic carbocycles. The molecule has 1 atom stereocenters. The molecule has 160 valence electrons. The number of sulfonamides is 1. The fourth-order valence-electron chi connectivity index (χ4n) is 2.51. The molecule has 0 radical (unpaired) electrons. The third-order valence-electron chi connectivity index (χ3n) is 4.18. The molecule has 2 aromatic rings. The lowest BCUT2D eigenvalue weighted by Gasteiger charge is -2.15. The number of hydrogen-bond donors (Lipinski definition) is 2. The van der Waals surface area contributed by atoms with Gasteiger partial charge in [0.05, 0.1) is 11.4 Å². The van der Waals surface area contributed by atoms with Crippen molar-refractivity contribution in [3.63, 3.8) is 0 Å². The number of aryl methyl sites for hydroxylation is 1. The number of rotatable bonds is 10. The summed E-state index contributed by atoms with van der Waals surface area (Å²) in [4.78, 5) is 36.3. The normalized spacial score (nSPS) is 12.1. The Bertz CT molecular complexity index is 988. The lowest BCUT2D eigenvalue weighted by molar-refractivity contribution is -0.147. The van der Waals surface area contributed by atoms with Crippen LogP contribution in [-0.4, -0.2) is 45.3 Å². The average molecular weight is 432 g/mol. The lowest BCUT2D eigenvalue weighted by atomic mass is 10.0. The molecule has 2 rings (SSSR count). The number of hydrogen-bond acceptors (Lipinski definition) is 6. The predicted molar refractivity (Wildman–Crippen MR) is 110 cm³/mol.